The molecule has 5 nitrogen and oxygen atoms in total. The van der Waals surface area contributed by atoms with E-state index in [1.807, 2.05) is 24.3 Å². The summed E-state index contributed by atoms with van der Waals surface area (Å²) in [6.45, 7) is 2.19. The molecule has 0 unspecified atom stereocenters. The molecule has 0 aliphatic carbocycles. The number of aryl methyl sites for hydroxylation is 2. The van der Waals surface area contributed by atoms with Gasteiger partial charge in [-0.05, 0) is 30.5 Å². The van der Waals surface area contributed by atoms with E-state index >= 15 is 0 Å². The van der Waals surface area contributed by atoms with Gasteiger partial charge in [0.25, 0.3) is 5.91 Å². The van der Waals surface area contributed by atoms with E-state index in [1.165, 1.54) is 31.0 Å². The normalized spacial score (nSPS) is 12.1. The van der Waals surface area contributed by atoms with Gasteiger partial charge in [0, 0.05) is 24.5 Å². The molecule has 22 heavy (non-hydrogen) atoms. The van der Waals surface area contributed by atoms with Crippen molar-refractivity contribution < 1.29 is 9.90 Å². The van der Waals surface area contributed by atoms with Crippen molar-refractivity contribution in [1.29, 1.82) is 0 Å². The molecule has 5 heteroatoms. The predicted molar refractivity (Wildman–Crippen MR) is 86.5 cm³/mol. The Labute approximate surface area is 131 Å². The molecule has 1 heterocycles. The Balaban J connectivity index is 1.91. The van der Waals surface area contributed by atoms with Crippen molar-refractivity contribution in [3.63, 3.8) is 0 Å². The fraction of sp³-hybridized carbons (Fsp3) is 0.412. The van der Waals surface area contributed by atoms with Crippen LogP contribution in [0.3, 0.4) is 0 Å². The van der Waals surface area contributed by atoms with Crippen LogP contribution in [-0.4, -0.2) is 20.8 Å². The second-order valence-electron chi connectivity index (χ2n) is 5.49. The van der Waals surface area contributed by atoms with Gasteiger partial charge in [0.05, 0.1) is 6.20 Å². The van der Waals surface area contributed by atoms with Crippen molar-refractivity contribution >= 4 is 11.6 Å². The number of carbonyl (C=O) groups excluding carboxylic acids is 1. The molecule has 0 aliphatic rings. The summed E-state index contributed by atoms with van der Waals surface area (Å²) in [5, 5.41) is 16.7. The number of aliphatic hydroxyl groups is 1. The highest BCUT2D eigenvalue weighted by atomic mass is 16.3. The second kappa shape index (κ2) is 7.75. The van der Waals surface area contributed by atoms with Gasteiger partial charge in [-0.2, -0.15) is 5.10 Å². The first kappa shape index (κ1) is 16.2. The Morgan fingerprint density at radius 1 is 1.32 bits per heavy atom. The summed E-state index contributed by atoms with van der Waals surface area (Å²) in [6.07, 6.45) is 6.58. The van der Waals surface area contributed by atoms with Crippen molar-refractivity contribution in [2.24, 2.45) is 7.05 Å². The summed E-state index contributed by atoms with van der Waals surface area (Å²) in [5.74, 6) is -0.452. The van der Waals surface area contributed by atoms with Gasteiger partial charge in [-0.1, -0.05) is 31.9 Å². The van der Waals surface area contributed by atoms with E-state index in [0.29, 0.717) is 11.3 Å². The zero-order chi connectivity index (χ0) is 15.9. The van der Waals surface area contributed by atoms with Gasteiger partial charge in [-0.3, -0.25) is 9.48 Å². The number of aromatic nitrogens is 2. The molecule has 0 fully saturated rings. The van der Waals surface area contributed by atoms with Gasteiger partial charge in [-0.25, -0.2) is 0 Å². The van der Waals surface area contributed by atoms with E-state index in [2.05, 4.69) is 17.3 Å². The minimum Gasteiger partial charge on any atom is -0.378 e. The molecule has 0 spiro atoms. The van der Waals surface area contributed by atoms with Crippen LogP contribution in [0.2, 0.25) is 0 Å². The zero-order valence-electron chi connectivity index (χ0n) is 13.1. The van der Waals surface area contributed by atoms with Crippen molar-refractivity contribution in [2.75, 3.05) is 5.32 Å². The van der Waals surface area contributed by atoms with E-state index < -0.39 is 12.0 Å². The van der Waals surface area contributed by atoms with Crippen molar-refractivity contribution in [3.05, 3.63) is 47.8 Å². The van der Waals surface area contributed by atoms with Crippen LogP contribution in [0.1, 0.15) is 43.4 Å². The van der Waals surface area contributed by atoms with Crippen molar-refractivity contribution in [3.8, 4) is 0 Å². The van der Waals surface area contributed by atoms with Crippen molar-refractivity contribution in [2.45, 2.75) is 38.7 Å². The first-order chi connectivity index (χ1) is 10.6. The zero-order valence-corrected chi connectivity index (χ0v) is 13.1. The Morgan fingerprint density at radius 2 is 2.05 bits per heavy atom. The summed E-state index contributed by atoms with van der Waals surface area (Å²) in [5.41, 5.74) is 2.43. The summed E-state index contributed by atoms with van der Waals surface area (Å²) in [4.78, 5) is 12.0. The average molecular weight is 301 g/mol. The topological polar surface area (TPSA) is 67.2 Å². The third kappa shape index (κ3) is 4.43. The lowest BCUT2D eigenvalue weighted by Gasteiger charge is -2.10. The van der Waals surface area contributed by atoms with Crippen LogP contribution in [-0.2, 0) is 18.3 Å². The molecule has 1 aromatic carbocycles. The highest BCUT2D eigenvalue weighted by molar-refractivity contribution is 5.94. The van der Waals surface area contributed by atoms with Crippen LogP contribution >= 0.6 is 0 Å². The SMILES string of the molecule is CCCCCc1ccc(NC(=O)[C@@H](O)c2cnn(C)c2)cc1. The number of anilines is 1. The number of hydrogen-bond donors (Lipinski definition) is 2. The number of rotatable bonds is 7. The molecule has 1 amide bonds. The molecule has 0 aliphatic heterocycles. The Morgan fingerprint density at radius 3 is 2.64 bits per heavy atom. The van der Waals surface area contributed by atoms with Crippen LogP contribution in [0.25, 0.3) is 0 Å². The Kier molecular flexibility index (Phi) is 5.72. The fourth-order valence-corrected chi connectivity index (χ4v) is 2.28. The van der Waals surface area contributed by atoms with E-state index in [1.54, 1.807) is 17.9 Å². The van der Waals surface area contributed by atoms with Crippen LogP contribution in [0.15, 0.2) is 36.7 Å². The van der Waals surface area contributed by atoms with Gasteiger partial charge in [0.15, 0.2) is 6.10 Å². The minimum atomic E-state index is -1.21. The largest absolute Gasteiger partial charge is 0.378 e. The molecule has 0 radical (unpaired) electrons. The molecular formula is C17H23N3O2. The number of carbonyl (C=O) groups is 1. The second-order valence-corrected chi connectivity index (χ2v) is 5.49. The molecule has 118 valence electrons. The number of aliphatic hydroxyl groups excluding tert-OH is 1. The van der Waals surface area contributed by atoms with Crippen LogP contribution < -0.4 is 5.32 Å². The lowest BCUT2D eigenvalue weighted by molar-refractivity contribution is -0.124. The van der Waals surface area contributed by atoms with E-state index in [4.69, 9.17) is 0 Å². The predicted octanol–water partition coefficient (Wildman–Crippen LogP) is 2.82. The number of nitrogens with one attached hydrogen (secondary N) is 1. The van der Waals surface area contributed by atoms with Gasteiger partial charge in [-0.15, -0.1) is 0 Å². The summed E-state index contributed by atoms with van der Waals surface area (Å²) >= 11 is 0. The summed E-state index contributed by atoms with van der Waals surface area (Å²) in [6, 6.07) is 7.77. The highest BCUT2D eigenvalue weighted by Crippen LogP contribution is 2.16. The van der Waals surface area contributed by atoms with Gasteiger partial charge in [0.2, 0.25) is 0 Å². The van der Waals surface area contributed by atoms with Gasteiger partial charge >= 0.3 is 0 Å². The summed E-state index contributed by atoms with van der Waals surface area (Å²) in [7, 11) is 1.74. The van der Waals surface area contributed by atoms with Gasteiger partial charge < -0.3 is 10.4 Å². The maximum absolute atomic E-state index is 12.0. The molecule has 2 rings (SSSR count). The third-order valence-electron chi connectivity index (χ3n) is 3.58. The van der Waals surface area contributed by atoms with Crippen molar-refractivity contribution in [1.82, 2.24) is 9.78 Å². The lowest BCUT2D eigenvalue weighted by atomic mass is 10.1. The monoisotopic (exact) mass is 301 g/mol. The first-order valence-corrected chi connectivity index (χ1v) is 7.66. The smallest absolute Gasteiger partial charge is 0.257 e. The van der Waals surface area contributed by atoms with Gasteiger partial charge in [0.1, 0.15) is 0 Å². The molecule has 1 aromatic heterocycles. The molecule has 0 saturated heterocycles. The fourth-order valence-electron chi connectivity index (χ4n) is 2.28. The third-order valence-corrected chi connectivity index (χ3v) is 3.58. The Bertz CT molecular complexity index is 605. The number of nitrogens with zero attached hydrogens (tertiary/aromatic N) is 2. The number of benzene rings is 1. The first-order valence-electron chi connectivity index (χ1n) is 7.66. The van der Waals surface area contributed by atoms with E-state index in [-0.39, 0.29) is 0 Å². The van der Waals surface area contributed by atoms with Crippen LogP contribution in [0.4, 0.5) is 5.69 Å². The quantitative estimate of drug-likeness (QED) is 0.773. The molecule has 1 atom stereocenters. The highest BCUT2D eigenvalue weighted by Gasteiger charge is 2.18. The molecule has 2 N–H and O–H groups in total. The average Bonchev–Trinajstić information content (AvgIpc) is 2.95. The maximum Gasteiger partial charge on any atom is 0.257 e. The number of amides is 1. The van der Waals surface area contributed by atoms with Crippen LogP contribution in [0, 0.1) is 0 Å². The number of hydrogen-bond acceptors (Lipinski definition) is 3. The molecule has 0 saturated carbocycles. The lowest BCUT2D eigenvalue weighted by Crippen LogP contribution is -2.20. The summed E-state index contributed by atoms with van der Waals surface area (Å²) < 4.78 is 1.55. The maximum atomic E-state index is 12.0. The molecule has 2 aromatic rings. The minimum absolute atomic E-state index is 0.452. The Hall–Kier alpha value is -2.14. The van der Waals surface area contributed by atoms with E-state index in [0.717, 1.165) is 6.42 Å². The standard InChI is InChI=1S/C17H23N3O2/c1-3-4-5-6-13-7-9-15(10-8-13)19-17(22)16(21)14-11-18-20(2)12-14/h7-12,16,21H,3-6H2,1-2H3,(H,19,22)/t16-/m0/s1. The van der Waals surface area contributed by atoms with Crippen LogP contribution in [0.5, 0.6) is 0 Å². The number of unbranched alkanes of at least 4 members (excludes halogenated alkanes) is 2. The molecular weight excluding hydrogens is 278 g/mol. The molecule has 0 bridgehead atoms. The van der Waals surface area contributed by atoms with E-state index in [9.17, 15) is 9.90 Å².